The number of carbonyl (C=O) groups is 1. The molecule has 0 spiro atoms. The maximum Gasteiger partial charge on any atom is 0.286 e. The summed E-state index contributed by atoms with van der Waals surface area (Å²) in [4.78, 5) is 18.9. The van der Waals surface area contributed by atoms with Crippen molar-refractivity contribution in [3.63, 3.8) is 0 Å². The SMILES string of the molecule is Cc1ccc(NC(=O)c2ccnc(C(C)(F)F)c2)cc1-c1ccc2c(c1)N1CCOC[C@H]1[C@](C)(N)C2. The number of nitrogens with one attached hydrogen (secondary N) is 1. The average Bonchev–Trinajstić information content (AvgIpc) is 2.84. The summed E-state index contributed by atoms with van der Waals surface area (Å²) in [5.74, 6) is -3.60. The van der Waals surface area contributed by atoms with Gasteiger partial charge in [0.25, 0.3) is 11.8 Å². The first-order chi connectivity index (χ1) is 17.0. The number of carbonyl (C=O) groups excluding carboxylic acids is 1. The Hall–Kier alpha value is -3.36. The van der Waals surface area contributed by atoms with E-state index in [9.17, 15) is 13.6 Å². The maximum absolute atomic E-state index is 13.7. The molecule has 0 aliphatic carbocycles. The molecule has 188 valence electrons. The van der Waals surface area contributed by atoms with Crippen molar-refractivity contribution >= 4 is 17.3 Å². The highest BCUT2D eigenvalue weighted by molar-refractivity contribution is 6.04. The van der Waals surface area contributed by atoms with Crippen LogP contribution in [0.15, 0.2) is 54.7 Å². The van der Waals surface area contributed by atoms with Gasteiger partial charge in [0.2, 0.25) is 0 Å². The topological polar surface area (TPSA) is 80.5 Å². The summed E-state index contributed by atoms with van der Waals surface area (Å²) in [6.45, 7) is 6.92. The number of nitrogens with two attached hydrogens (primary N) is 1. The van der Waals surface area contributed by atoms with Gasteiger partial charge < -0.3 is 20.7 Å². The third-order valence-electron chi connectivity index (χ3n) is 7.13. The van der Waals surface area contributed by atoms with Gasteiger partial charge in [-0.15, -0.1) is 0 Å². The van der Waals surface area contributed by atoms with Gasteiger partial charge in [0.15, 0.2) is 0 Å². The third kappa shape index (κ3) is 4.58. The van der Waals surface area contributed by atoms with Crippen LogP contribution < -0.4 is 16.0 Å². The molecular weight excluding hydrogens is 462 g/mol. The Bertz CT molecular complexity index is 1320. The van der Waals surface area contributed by atoms with Crippen LogP contribution in [0.5, 0.6) is 0 Å². The number of ether oxygens (including phenoxy) is 1. The predicted octanol–water partition coefficient (Wildman–Crippen LogP) is 4.90. The second-order valence-electron chi connectivity index (χ2n) is 10.1. The molecule has 2 aliphatic heterocycles. The van der Waals surface area contributed by atoms with Crippen LogP contribution in [0, 0.1) is 6.92 Å². The molecule has 3 aromatic rings. The molecule has 5 rings (SSSR count). The van der Waals surface area contributed by atoms with Crippen molar-refractivity contribution < 1.29 is 18.3 Å². The van der Waals surface area contributed by atoms with Crippen molar-refractivity contribution in [1.29, 1.82) is 0 Å². The maximum atomic E-state index is 13.7. The van der Waals surface area contributed by atoms with Gasteiger partial charge in [-0.05, 0) is 72.9 Å². The molecule has 8 heteroatoms. The van der Waals surface area contributed by atoms with E-state index in [0.717, 1.165) is 42.6 Å². The first kappa shape index (κ1) is 24.3. The van der Waals surface area contributed by atoms with E-state index in [0.29, 0.717) is 18.9 Å². The standard InChI is InChI=1S/C28H30F2N4O2/c1-17-4-7-21(33-26(35)19-8-9-32-24(13-19)28(3,29)30)14-22(17)18-5-6-20-15-27(2,31)25-16-36-11-10-34(25)23(20)12-18/h4-9,12-14,25H,10-11,15-16,31H2,1-3H3,(H,33,35)/t25-,27+/m0/s1. The zero-order chi connectivity index (χ0) is 25.7. The summed E-state index contributed by atoms with van der Waals surface area (Å²) >= 11 is 0. The van der Waals surface area contributed by atoms with Gasteiger partial charge >= 0.3 is 0 Å². The Morgan fingerprint density at radius 1 is 1.22 bits per heavy atom. The van der Waals surface area contributed by atoms with E-state index in [4.69, 9.17) is 10.5 Å². The molecule has 2 atom stereocenters. The lowest BCUT2D eigenvalue weighted by atomic mass is 9.80. The number of pyridine rings is 1. The summed E-state index contributed by atoms with van der Waals surface area (Å²) in [6, 6.07) is 14.7. The molecule has 0 radical (unpaired) electrons. The summed E-state index contributed by atoms with van der Waals surface area (Å²) in [5, 5.41) is 2.84. The van der Waals surface area contributed by atoms with Gasteiger partial charge in [-0.2, -0.15) is 8.78 Å². The number of rotatable bonds is 4. The average molecular weight is 493 g/mol. The first-order valence-electron chi connectivity index (χ1n) is 12.1. The lowest BCUT2D eigenvalue weighted by Gasteiger charge is -2.50. The van der Waals surface area contributed by atoms with Gasteiger partial charge in [0, 0.05) is 42.1 Å². The van der Waals surface area contributed by atoms with E-state index in [1.54, 1.807) is 0 Å². The van der Waals surface area contributed by atoms with Gasteiger partial charge in [-0.25, -0.2) is 0 Å². The van der Waals surface area contributed by atoms with Gasteiger partial charge in [0.1, 0.15) is 5.69 Å². The van der Waals surface area contributed by atoms with Crippen LogP contribution in [0.3, 0.4) is 0 Å². The molecular formula is C28H30F2N4O2. The summed E-state index contributed by atoms with van der Waals surface area (Å²) < 4.78 is 33.1. The smallest absolute Gasteiger partial charge is 0.286 e. The van der Waals surface area contributed by atoms with E-state index in [1.165, 1.54) is 23.5 Å². The fourth-order valence-electron chi connectivity index (χ4n) is 5.14. The minimum atomic E-state index is -3.12. The Morgan fingerprint density at radius 2 is 2.03 bits per heavy atom. The minimum absolute atomic E-state index is 0.112. The van der Waals surface area contributed by atoms with Crippen molar-refractivity contribution in [1.82, 2.24) is 4.98 Å². The number of hydrogen-bond donors (Lipinski definition) is 2. The van der Waals surface area contributed by atoms with Crippen molar-refractivity contribution in [2.75, 3.05) is 30.0 Å². The predicted molar refractivity (Wildman–Crippen MR) is 137 cm³/mol. The zero-order valence-electron chi connectivity index (χ0n) is 20.6. The van der Waals surface area contributed by atoms with Crippen LogP contribution in [0.1, 0.15) is 41.0 Å². The lowest BCUT2D eigenvalue weighted by molar-refractivity contribution is 0.0127. The molecule has 3 heterocycles. The molecule has 1 saturated heterocycles. The Balaban J connectivity index is 1.44. The van der Waals surface area contributed by atoms with Crippen LogP contribution in [-0.4, -0.2) is 42.2 Å². The highest BCUT2D eigenvalue weighted by Gasteiger charge is 2.42. The number of benzene rings is 2. The highest BCUT2D eigenvalue weighted by atomic mass is 19.3. The number of amides is 1. The number of fused-ring (bicyclic) bond motifs is 3. The molecule has 2 aromatic carbocycles. The number of hydrogen-bond acceptors (Lipinski definition) is 5. The number of aryl methyl sites for hydroxylation is 1. The zero-order valence-corrected chi connectivity index (χ0v) is 20.6. The van der Waals surface area contributed by atoms with E-state index in [2.05, 4.69) is 40.3 Å². The van der Waals surface area contributed by atoms with Crippen LogP contribution >= 0.6 is 0 Å². The quantitative estimate of drug-likeness (QED) is 0.542. The molecule has 0 unspecified atom stereocenters. The Kier molecular flexibility index (Phi) is 6.04. The monoisotopic (exact) mass is 492 g/mol. The third-order valence-corrected chi connectivity index (χ3v) is 7.13. The number of halogens is 2. The molecule has 0 saturated carbocycles. The summed E-state index contributed by atoms with van der Waals surface area (Å²) in [6.07, 6.45) is 1.99. The number of aromatic nitrogens is 1. The molecule has 0 bridgehead atoms. The van der Waals surface area contributed by atoms with Crippen molar-refractivity contribution in [3.8, 4) is 11.1 Å². The fraction of sp³-hybridized carbons (Fsp3) is 0.357. The Labute approximate surface area is 209 Å². The molecule has 1 amide bonds. The lowest BCUT2D eigenvalue weighted by Crippen LogP contribution is -2.65. The normalized spacial score (nSPS) is 21.5. The van der Waals surface area contributed by atoms with Crippen molar-refractivity contribution in [2.24, 2.45) is 5.73 Å². The van der Waals surface area contributed by atoms with Crippen LogP contribution in [0.2, 0.25) is 0 Å². The van der Waals surface area contributed by atoms with E-state index < -0.39 is 17.5 Å². The summed E-state index contributed by atoms with van der Waals surface area (Å²) in [7, 11) is 0. The van der Waals surface area contributed by atoms with Crippen molar-refractivity contribution in [3.05, 3.63) is 77.1 Å². The number of alkyl halides is 2. The molecule has 2 aliphatic rings. The number of nitrogens with zero attached hydrogens (tertiary/aromatic N) is 2. The van der Waals surface area contributed by atoms with E-state index in [1.807, 2.05) is 25.1 Å². The highest BCUT2D eigenvalue weighted by Crippen LogP contribution is 2.39. The fourth-order valence-corrected chi connectivity index (χ4v) is 5.14. The molecule has 6 nitrogen and oxygen atoms in total. The molecule has 3 N–H and O–H groups in total. The van der Waals surface area contributed by atoms with Crippen LogP contribution in [0.25, 0.3) is 11.1 Å². The Morgan fingerprint density at radius 3 is 2.81 bits per heavy atom. The van der Waals surface area contributed by atoms with E-state index >= 15 is 0 Å². The van der Waals surface area contributed by atoms with Crippen LogP contribution in [0.4, 0.5) is 20.2 Å². The minimum Gasteiger partial charge on any atom is -0.377 e. The van der Waals surface area contributed by atoms with Gasteiger partial charge in [0.05, 0.1) is 19.3 Å². The second kappa shape index (κ2) is 8.94. The first-order valence-corrected chi connectivity index (χ1v) is 12.1. The largest absolute Gasteiger partial charge is 0.377 e. The molecule has 1 aromatic heterocycles. The molecule has 1 fully saturated rings. The van der Waals surface area contributed by atoms with Crippen molar-refractivity contribution in [2.45, 2.75) is 44.7 Å². The second-order valence-corrected chi connectivity index (χ2v) is 10.1. The van der Waals surface area contributed by atoms with Crippen LogP contribution in [-0.2, 0) is 17.1 Å². The van der Waals surface area contributed by atoms with E-state index in [-0.39, 0.29) is 17.1 Å². The number of morpholine rings is 1. The number of anilines is 2. The molecule has 36 heavy (non-hydrogen) atoms. The summed E-state index contributed by atoms with van der Waals surface area (Å²) in [5.41, 5.74) is 12.0. The van der Waals surface area contributed by atoms with Gasteiger partial charge in [-0.1, -0.05) is 18.2 Å². The van der Waals surface area contributed by atoms with Gasteiger partial charge in [-0.3, -0.25) is 9.78 Å².